The molecule has 0 aromatic heterocycles. The molecule has 2 aromatic carbocycles. The number of nitrogens with two attached hydrogens (primary N) is 1. The molecule has 1 unspecified atom stereocenters. The largest absolute Gasteiger partial charge is 0.341 e. The van der Waals surface area contributed by atoms with Crippen molar-refractivity contribution in [3.8, 4) is 11.1 Å². The van der Waals surface area contributed by atoms with E-state index in [9.17, 15) is 14.0 Å². The van der Waals surface area contributed by atoms with Crippen LogP contribution in [0.4, 0.5) is 4.39 Å². The van der Waals surface area contributed by atoms with Crippen molar-refractivity contribution >= 4 is 11.8 Å². The molecule has 0 spiro atoms. The van der Waals surface area contributed by atoms with E-state index in [0.29, 0.717) is 44.7 Å². The van der Waals surface area contributed by atoms with Gasteiger partial charge in [0.1, 0.15) is 5.82 Å². The van der Waals surface area contributed by atoms with E-state index in [1.54, 1.807) is 17.0 Å². The first-order chi connectivity index (χ1) is 14.5. The molecule has 0 radical (unpaired) electrons. The van der Waals surface area contributed by atoms with E-state index in [4.69, 9.17) is 5.73 Å². The number of nitrogens with zero attached hydrogens (tertiary/aromatic N) is 2. The lowest BCUT2D eigenvalue weighted by Crippen LogP contribution is -2.38. The molecule has 30 heavy (non-hydrogen) atoms. The lowest BCUT2D eigenvalue weighted by molar-refractivity contribution is -0.135. The molecule has 3 rings (SSSR count). The van der Waals surface area contributed by atoms with Crippen LogP contribution in [0.15, 0.2) is 48.5 Å². The molecule has 160 valence electrons. The van der Waals surface area contributed by atoms with Gasteiger partial charge < -0.3 is 15.5 Å². The van der Waals surface area contributed by atoms with Crippen LogP contribution in [-0.4, -0.2) is 54.3 Å². The number of amides is 2. The molecule has 0 bridgehead atoms. The molecule has 1 saturated heterocycles. The summed E-state index contributed by atoms with van der Waals surface area (Å²) in [4.78, 5) is 29.3. The molecule has 5 nitrogen and oxygen atoms in total. The number of benzene rings is 2. The second-order valence-corrected chi connectivity index (χ2v) is 7.78. The van der Waals surface area contributed by atoms with Gasteiger partial charge in [0.15, 0.2) is 0 Å². The molecule has 1 atom stereocenters. The molecule has 1 aliphatic rings. The summed E-state index contributed by atoms with van der Waals surface area (Å²) in [5.41, 5.74) is 7.85. The second kappa shape index (κ2) is 10.3. The number of carbonyl (C=O) groups is 2. The van der Waals surface area contributed by atoms with Gasteiger partial charge in [-0.15, -0.1) is 0 Å². The van der Waals surface area contributed by atoms with Gasteiger partial charge in [0.25, 0.3) is 0 Å². The summed E-state index contributed by atoms with van der Waals surface area (Å²) in [7, 11) is 0. The minimum Gasteiger partial charge on any atom is -0.341 e. The highest BCUT2D eigenvalue weighted by atomic mass is 19.1. The van der Waals surface area contributed by atoms with Crippen LogP contribution in [0, 0.1) is 11.7 Å². The van der Waals surface area contributed by atoms with E-state index >= 15 is 0 Å². The summed E-state index contributed by atoms with van der Waals surface area (Å²) in [5.74, 6) is -0.519. The SMILES string of the molecule is CCCN1CCN(C(=O)CCN)CC(Cc2cccc(-c3ccccc3F)c2)C1=O. The highest BCUT2D eigenvalue weighted by Gasteiger charge is 2.31. The number of hydrogen-bond acceptors (Lipinski definition) is 3. The van der Waals surface area contributed by atoms with Crippen molar-refractivity contribution in [2.24, 2.45) is 11.7 Å². The topological polar surface area (TPSA) is 66.6 Å². The lowest BCUT2D eigenvalue weighted by atomic mass is 9.94. The van der Waals surface area contributed by atoms with Gasteiger partial charge in [-0.1, -0.05) is 49.4 Å². The van der Waals surface area contributed by atoms with E-state index in [1.165, 1.54) is 6.07 Å². The average Bonchev–Trinajstić information content (AvgIpc) is 2.89. The van der Waals surface area contributed by atoms with Crippen LogP contribution in [0.25, 0.3) is 11.1 Å². The molecule has 2 amide bonds. The molecule has 1 heterocycles. The number of rotatable bonds is 7. The molecule has 1 aliphatic heterocycles. The zero-order chi connectivity index (χ0) is 21.5. The van der Waals surface area contributed by atoms with Gasteiger partial charge in [-0.05, 0) is 30.0 Å². The average molecular weight is 412 g/mol. The molecular weight excluding hydrogens is 381 g/mol. The van der Waals surface area contributed by atoms with Crippen molar-refractivity contribution in [1.29, 1.82) is 0 Å². The Hall–Kier alpha value is -2.73. The predicted octanol–water partition coefficient (Wildman–Crippen LogP) is 3.08. The summed E-state index contributed by atoms with van der Waals surface area (Å²) in [5, 5.41) is 0. The van der Waals surface area contributed by atoms with Crippen LogP contribution in [0.1, 0.15) is 25.3 Å². The first kappa shape index (κ1) is 22.0. The van der Waals surface area contributed by atoms with Crippen molar-refractivity contribution in [2.45, 2.75) is 26.2 Å². The van der Waals surface area contributed by atoms with Crippen LogP contribution in [0.3, 0.4) is 0 Å². The predicted molar refractivity (Wildman–Crippen MR) is 116 cm³/mol. The van der Waals surface area contributed by atoms with E-state index in [0.717, 1.165) is 17.5 Å². The van der Waals surface area contributed by atoms with Crippen molar-refractivity contribution in [3.05, 3.63) is 59.9 Å². The molecule has 2 aromatic rings. The molecule has 1 fully saturated rings. The van der Waals surface area contributed by atoms with Crippen molar-refractivity contribution in [3.63, 3.8) is 0 Å². The number of hydrogen-bond donors (Lipinski definition) is 1. The minimum atomic E-state index is -0.323. The van der Waals surface area contributed by atoms with Crippen molar-refractivity contribution < 1.29 is 14.0 Å². The maximum Gasteiger partial charge on any atom is 0.227 e. The van der Waals surface area contributed by atoms with Gasteiger partial charge in [-0.25, -0.2) is 4.39 Å². The van der Waals surface area contributed by atoms with E-state index in [2.05, 4.69) is 0 Å². The summed E-state index contributed by atoms with van der Waals surface area (Å²) < 4.78 is 14.2. The normalized spacial score (nSPS) is 17.2. The highest BCUT2D eigenvalue weighted by molar-refractivity contribution is 5.82. The van der Waals surface area contributed by atoms with Crippen LogP contribution in [0.2, 0.25) is 0 Å². The number of halogens is 1. The highest BCUT2D eigenvalue weighted by Crippen LogP contribution is 2.25. The van der Waals surface area contributed by atoms with Gasteiger partial charge in [0, 0.05) is 44.7 Å². The minimum absolute atomic E-state index is 0.00578. The summed E-state index contributed by atoms with van der Waals surface area (Å²) >= 11 is 0. The fourth-order valence-corrected chi connectivity index (χ4v) is 4.04. The fourth-order valence-electron chi connectivity index (χ4n) is 4.04. The van der Waals surface area contributed by atoms with Crippen LogP contribution < -0.4 is 5.73 Å². The van der Waals surface area contributed by atoms with Gasteiger partial charge in [-0.2, -0.15) is 0 Å². The monoisotopic (exact) mass is 411 g/mol. The Morgan fingerprint density at radius 1 is 1.17 bits per heavy atom. The summed E-state index contributed by atoms with van der Waals surface area (Å²) in [6.45, 7) is 4.51. The molecular formula is C24H30FN3O2. The second-order valence-electron chi connectivity index (χ2n) is 7.78. The third kappa shape index (κ3) is 5.25. The van der Waals surface area contributed by atoms with Gasteiger partial charge in [0.05, 0.1) is 5.92 Å². The first-order valence-corrected chi connectivity index (χ1v) is 10.6. The Kier molecular flexibility index (Phi) is 7.57. The van der Waals surface area contributed by atoms with Gasteiger partial charge >= 0.3 is 0 Å². The van der Waals surface area contributed by atoms with E-state index in [1.807, 2.05) is 42.2 Å². The fraction of sp³-hybridized carbons (Fsp3) is 0.417. The van der Waals surface area contributed by atoms with Gasteiger partial charge in [0.2, 0.25) is 11.8 Å². The Balaban J connectivity index is 1.84. The maximum atomic E-state index is 14.2. The van der Waals surface area contributed by atoms with E-state index < -0.39 is 0 Å². The summed E-state index contributed by atoms with van der Waals surface area (Å²) in [6, 6.07) is 14.3. The zero-order valence-corrected chi connectivity index (χ0v) is 17.5. The quantitative estimate of drug-likeness (QED) is 0.761. The van der Waals surface area contributed by atoms with E-state index in [-0.39, 0.29) is 30.0 Å². The smallest absolute Gasteiger partial charge is 0.227 e. The molecule has 6 heteroatoms. The van der Waals surface area contributed by atoms with Crippen LogP contribution >= 0.6 is 0 Å². The lowest BCUT2D eigenvalue weighted by Gasteiger charge is -2.24. The van der Waals surface area contributed by atoms with Crippen LogP contribution in [-0.2, 0) is 16.0 Å². The third-order valence-corrected chi connectivity index (χ3v) is 5.54. The van der Waals surface area contributed by atoms with Crippen molar-refractivity contribution in [1.82, 2.24) is 9.80 Å². The first-order valence-electron chi connectivity index (χ1n) is 10.6. The Labute approximate surface area is 177 Å². The Morgan fingerprint density at radius 3 is 2.70 bits per heavy atom. The van der Waals surface area contributed by atoms with Crippen molar-refractivity contribution in [2.75, 3.05) is 32.7 Å². The van der Waals surface area contributed by atoms with Gasteiger partial charge in [-0.3, -0.25) is 9.59 Å². The molecule has 0 aliphatic carbocycles. The Bertz CT molecular complexity index is 886. The zero-order valence-electron chi connectivity index (χ0n) is 17.5. The maximum absolute atomic E-state index is 14.2. The molecule has 2 N–H and O–H groups in total. The summed E-state index contributed by atoms with van der Waals surface area (Å²) in [6.07, 6.45) is 1.67. The Morgan fingerprint density at radius 2 is 1.97 bits per heavy atom. The van der Waals surface area contributed by atoms with Crippen LogP contribution in [0.5, 0.6) is 0 Å². The molecule has 0 saturated carbocycles. The number of carbonyl (C=O) groups excluding carboxylic acids is 2. The standard InChI is InChI=1S/C24H30FN3O2/c1-2-12-27-13-14-28(23(29)10-11-26)17-20(24(27)30)16-18-6-5-7-19(15-18)21-8-3-4-9-22(21)25/h3-9,15,20H,2,10-14,16-17,26H2,1H3. The third-order valence-electron chi connectivity index (χ3n) is 5.54.